The normalized spacial score (nSPS) is 34.3. The highest BCUT2D eigenvalue weighted by molar-refractivity contribution is 5.88. The minimum absolute atomic E-state index is 0.0116. The van der Waals surface area contributed by atoms with Crippen LogP contribution in [0.25, 0.3) is 0 Å². The smallest absolute Gasteiger partial charge is 0.335 e. The highest BCUT2D eigenvalue weighted by Gasteiger charge is 2.61. The van der Waals surface area contributed by atoms with Crippen LogP contribution in [-0.4, -0.2) is 106 Å². The molecular weight excluding hydrogens is 847 g/mol. The third-order valence-electron chi connectivity index (χ3n) is 20.6. The fourth-order valence-corrected chi connectivity index (χ4v) is 17.4. The first-order valence-corrected chi connectivity index (χ1v) is 27.2. The standard InChI is InChI=1S/C59H77N3O6/c1-37(56(65)66)40-19-20-44-34-54-49-16-8-14-46(35-61-25-9-12-39-10-5-3-4-6-11-41-28-38(29-55(63)64)17-18-42(41)32-52(39)61)59(49,50(44)30-40)24-27-62(54)36-47-13-7-15-48-53-33-43-21-22-45(57(67)68)31-51(43)58(47,48)23-26-60(53)2/h17-22,28,30-31,37,39,46-49,52-54H,3-16,23-27,29,32-36H2,1-2H3,(H,63,64)(H,65,66)(H,67,68). The number of benzene rings is 3. The molecule has 2 saturated carbocycles. The predicted octanol–water partition coefficient (Wildman–Crippen LogP) is 9.93. The molecule has 68 heavy (non-hydrogen) atoms. The van der Waals surface area contributed by atoms with Gasteiger partial charge in [0.2, 0.25) is 0 Å². The van der Waals surface area contributed by atoms with Crippen LogP contribution >= 0.6 is 0 Å². The van der Waals surface area contributed by atoms with E-state index in [1.165, 1.54) is 110 Å². The first-order chi connectivity index (χ1) is 32.9. The second-order valence-corrected chi connectivity index (χ2v) is 23.5. The van der Waals surface area contributed by atoms with Crippen LogP contribution in [0, 0.1) is 29.6 Å². The number of hydrogen-bond acceptors (Lipinski definition) is 6. The fraction of sp³-hybridized carbons (Fsp3) is 0.644. The van der Waals surface area contributed by atoms with Gasteiger partial charge in [0.05, 0.1) is 17.9 Å². The number of aromatic carboxylic acids is 1. The predicted molar refractivity (Wildman–Crippen MR) is 266 cm³/mol. The zero-order valence-corrected chi connectivity index (χ0v) is 41.0. The minimum Gasteiger partial charge on any atom is -0.481 e. The summed E-state index contributed by atoms with van der Waals surface area (Å²) in [6, 6.07) is 20.9. The van der Waals surface area contributed by atoms with Gasteiger partial charge in [-0.1, -0.05) is 74.6 Å². The molecule has 0 radical (unpaired) electrons. The van der Waals surface area contributed by atoms with Gasteiger partial charge in [0.25, 0.3) is 0 Å². The Kier molecular flexibility index (Phi) is 12.7. The molecule has 9 heteroatoms. The lowest BCUT2D eigenvalue weighted by Crippen LogP contribution is -2.68. The number of carbonyl (C=O) groups is 3. The number of likely N-dealkylation sites (N-methyl/N-ethyl adjacent to an activating group) is 1. The lowest BCUT2D eigenvalue weighted by molar-refractivity contribution is -0.138. The summed E-state index contributed by atoms with van der Waals surface area (Å²) < 4.78 is 0. The fourth-order valence-electron chi connectivity index (χ4n) is 17.4. The summed E-state index contributed by atoms with van der Waals surface area (Å²) in [5, 5.41) is 30.3. The van der Waals surface area contributed by atoms with Crippen molar-refractivity contribution < 1.29 is 29.7 Å². The lowest BCUT2D eigenvalue weighted by Gasteiger charge is -2.65. The average molecular weight is 924 g/mol. The maximum Gasteiger partial charge on any atom is 0.335 e. The molecule has 11 atom stereocenters. The second kappa shape index (κ2) is 18.6. The van der Waals surface area contributed by atoms with E-state index in [1.54, 1.807) is 0 Å². The SMILES string of the molecule is CC(C(=O)O)c1ccc2c(c1)C13CCN(CC4CCCC5C6Cc7ccc(C(=O)O)cc7C45CCN6C)C(C2)C1CCCC3CN1CCCC2CCCCCCc3cc(CC(=O)O)ccc3CC21. The van der Waals surface area contributed by atoms with Crippen molar-refractivity contribution in [2.45, 2.75) is 170 Å². The van der Waals surface area contributed by atoms with Crippen LogP contribution in [0.4, 0.5) is 0 Å². The Morgan fingerprint density at radius 2 is 1.25 bits per heavy atom. The van der Waals surface area contributed by atoms with Crippen molar-refractivity contribution in [3.8, 4) is 0 Å². The third-order valence-corrected chi connectivity index (χ3v) is 20.6. The summed E-state index contributed by atoms with van der Waals surface area (Å²) in [4.78, 5) is 45.4. The van der Waals surface area contributed by atoms with E-state index < -0.39 is 23.8 Å². The maximum atomic E-state index is 12.6. The molecule has 5 fully saturated rings. The van der Waals surface area contributed by atoms with E-state index in [0.29, 0.717) is 53.3 Å². The van der Waals surface area contributed by atoms with Crippen LogP contribution in [-0.2, 0) is 52.5 Å². The van der Waals surface area contributed by atoms with E-state index in [2.05, 4.69) is 70.3 Å². The van der Waals surface area contributed by atoms with Crippen molar-refractivity contribution in [2.75, 3.05) is 39.8 Å². The number of fused-ring (bicyclic) bond motifs is 4. The van der Waals surface area contributed by atoms with Crippen molar-refractivity contribution in [1.82, 2.24) is 14.7 Å². The van der Waals surface area contributed by atoms with Gasteiger partial charge in [-0.25, -0.2) is 4.79 Å². The number of likely N-dealkylation sites (tertiary alicyclic amines) is 3. The average Bonchev–Trinajstić information content (AvgIpc) is 3.36. The molecular formula is C59H77N3O6. The summed E-state index contributed by atoms with van der Waals surface area (Å²) in [6.07, 6.45) is 22.4. The summed E-state index contributed by atoms with van der Waals surface area (Å²) >= 11 is 0. The molecule has 11 unspecified atom stereocenters. The van der Waals surface area contributed by atoms with Crippen molar-refractivity contribution in [2.24, 2.45) is 29.6 Å². The number of rotatable bonds is 9. The maximum absolute atomic E-state index is 12.6. The first kappa shape index (κ1) is 46.3. The summed E-state index contributed by atoms with van der Waals surface area (Å²) in [7, 11) is 2.32. The van der Waals surface area contributed by atoms with E-state index in [9.17, 15) is 29.7 Å². The molecule has 3 N–H and O–H groups in total. The topological polar surface area (TPSA) is 122 Å². The third kappa shape index (κ3) is 7.97. The van der Waals surface area contributed by atoms with Crippen LogP contribution in [0.15, 0.2) is 54.6 Å². The largest absolute Gasteiger partial charge is 0.481 e. The molecule has 3 saturated heterocycles. The van der Waals surface area contributed by atoms with Crippen molar-refractivity contribution >= 4 is 17.9 Å². The zero-order valence-electron chi connectivity index (χ0n) is 41.0. The second-order valence-electron chi connectivity index (χ2n) is 23.5. The van der Waals surface area contributed by atoms with Crippen LogP contribution in [0.1, 0.15) is 164 Å². The lowest BCUT2D eigenvalue weighted by atomic mass is 9.47. The van der Waals surface area contributed by atoms with E-state index >= 15 is 0 Å². The molecule has 0 amide bonds. The van der Waals surface area contributed by atoms with Crippen molar-refractivity contribution in [3.63, 3.8) is 0 Å². The number of carboxylic acid groups (broad SMARTS) is 3. The van der Waals surface area contributed by atoms with E-state index in [0.717, 1.165) is 88.8 Å². The van der Waals surface area contributed by atoms with Gasteiger partial charge in [-0.2, -0.15) is 0 Å². The minimum atomic E-state index is -0.823. The number of aliphatic carboxylic acids is 2. The van der Waals surface area contributed by atoms with Gasteiger partial charge in [-0.3, -0.25) is 19.4 Å². The van der Waals surface area contributed by atoms with E-state index in [1.807, 2.05) is 13.0 Å². The van der Waals surface area contributed by atoms with Crippen molar-refractivity contribution in [3.05, 3.63) is 105 Å². The van der Waals surface area contributed by atoms with Gasteiger partial charge >= 0.3 is 17.9 Å². The molecule has 11 rings (SSSR count). The Bertz CT molecular complexity index is 2420. The Morgan fingerprint density at radius 3 is 1.99 bits per heavy atom. The molecule has 3 aliphatic heterocycles. The zero-order chi connectivity index (χ0) is 46.9. The molecule has 3 aromatic rings. The molecule has 364 valence electrons. The summed E-state index contributed by atoms with van der Waals surface area (Å²) in [5.41, 5.74) is 10.7. The van der Waals surface area contributed by atoms with Gasteiger partial charge < -0.3 is 20.2 Å². The van der Waals surface area contributed by atoms with Crippen molar-refractivity contribution in [1.29, 1.82) is 0 Å². The van der Waals surface area contributed by atoms with Gasteiger partial charge in [-0.05, 0) is 210 Å². The van der Waals surface area contributed by atoms with Crippen LogP contribution < -0.4 is 0 Å². The molecule has 4 bridgehead atoms. The quantitative estimate of drug-likeness (QED) is 0.193. The van der Waals surface area contributed by atoms with Crippen LogP contribution in [0.2, 0.25) is 0 Å². The highest BCUT2D eigenvalue weighted by atomic mass is 16.4. The number of nitrogens with zero attached hydrogens (tertiary/aromatic N) is 3. The molecule has 5 aliphatic carbocycles. The molecule has 3 heterocycles. The monoisotopic (exact) mass is 924 g/mol. The number of carboxylic acids is 3. The summed E-state index contributed by atoms with van der Waals surface area (Å²) in [5.74, 6) is -0.274. The number of piperidine rings is 3. The van der Waals surface area contributed by atoms with Crippen LogP contribution in [0.3, 0.4) is 0 Å². The Hall–Kier alpha value is -4.05. The van der Waals surface area contributed by atoms with Gasteiger partial charge in [0.1, 0.15) is 0 Å². The summed E-state index contributed by atoms with van der Waals surface area (Å²) in [6.45, 7) is 7.24. The van der Waals surface area contributed by atoms with Crippen LogP contribution in [0.5, 0.6) is 0 Å². The molecule has 0 aromatic heterocycles. The highest BCUT2D eigenvalue weighted by Crippen LogP contribution is 2.62. The Morgan fingerprint density at radius 1 is 0.618 bits per heavy atom. The van der Waals surface area contributed by atoms with E-state index in [-0.39, 0.29) is 17.3 Å². The molecule has 9 nitrogen and oxygen atoms in total. The Labute approximate surface area is 405 Å². The number of hydrogen-bond donors (Lipinski definition) is 3. The van der Waals surface area contributed by atoms with Gasteiger partial charge in [0.15, 0.2) is 0 Å². The van der Waals surface area contributed by atoms with Gasteiger partial charge in [-0.15, -0.1) is 0 Å². The molecule has 8 aliphatic rings. The number of aryl methyl sites for hydroxylation is 1. The van der Waals surface area contributed by atoms with E-state index in [4.69, 9.17) is 0 Å². The Balaban J connectivity index is 0.947. The first-order valence-electron chi connectivity index (χ1n) is 27.2. The van der Waals surface area contributed by atoms with Gasteiger partial charge in [0, 0.05) is 42.0 Å². The molecule has 0 spiro atoms. The molecule has 3 aromatic carbocycles.